The number of ketones is 1. The van der Waals surface area contributed by atoms with E-state index in [2.05, 4.69) is 13.8 Å². The first-order valence-electron chi connectivity index (χ1n) is 15.3. The minimum absolute atomic E-state index is 0.0334. The van der Waals surface area contributed by atoms with Crippen LogP contribution in [-0.2, 0) is 23.9 Å². The van der Waals surface area contributed by atoms with Gasteiger partial charge in [-0.05, 0) is 31.6 Å². The number of hydrogen-bond acceptors (Lipinski definition) is 8. The summed E-state index contributed by atoms with van der Waals surface area (Å²) in [5, 5.41) is 29.9. The van der Waals surface area contributed by atoms with Crippen molar-refractivity contribution >= 4 is 17.7 Å². The number of carbonyl (C=O) groups excluding carboxylic acids is 3. The lowest BCUT2D eigenvalue weighted by atomic mass is 9.88. The second kappa shape index (κ2) is 22.0. The molecule has 0 amide bonds. The minimum Gasteiger partial charge on any atom is -0.462 e. The van der Waals surface area contributed by atoms with Gasteiger partial charge in [0.05, 0.1) is 18.8 Å². The summed E-state index contributed by atoms with van der Waals surface area (Å²) in [4.78, 5) is 36.3. The molecule has 8 heteroatoms. The van der Waals surface area contributed by atoms with Crippen LogP contribution in [0.25, 0.3) is 0 Å². The van der Waals surface area contributed by atoms with Crippen LogP contribution in [0.2, 0.25) is 0 Å². The molecule has 1 saturated carbocycles. The van der Waals surface area contributed by atoms with Crippen LogP contribution in [-0.4, -0.2) is 64.6 Å². The van der Waals surface area contributed by atoms with Gasteiger partial charge in [0, 0.05) is 25.2 Å². The van der Waals surface area contributed by atoms with Crippen molar-refractivity contribution < 1.29 is 39.2 Å². The van der Waals surface area contributed by atoms with Gasteiger partial charge in [-0.25, -0.2) is 0 Å². The SMILES string of the molecule is CCCCCCCC(=O)O[C@@H](CO)COC(=O)CCCCCC[C@H]1[C@@H](O)CC(=O)[C@@H]1/C=C/[C@@H](O)CCCCC. The lowest BCUT2D eigenvalue weighted by Crippen LogP contribution is -2.28. The van der Waals surface area contributed by atoms with Crippen molar-refractivity contribution in [1.82, 2.24) is 0 Å². The standard InChI is InChI=1S/C31H54O8/c1-3-5-7-8-14-18-31(37)39-25(22-32)23-38-30(36)17-13-10-9-12-16-26-27(29(35)21-28(26)34)20-19-24(33)15-11-6-4-2/h19-20,24-28,32-34H,3-18,21-23H2,1-2H3/b20-19+/t24-,25-,26+,27+,28-/m0/s1. The van der Waals surface area contributed by atoms with Gasteiger partial charge < -0.3 is 24.8 Å². The van der Waals surface area contributed by atoms with E-state index in [4.69, 9.17) is 9.47 Å². The summed E-state index contributed by atoms with van der Waals surface area (Å²) in [6.45, 7) is 3.71. The van der Waals surface area contributed by atoms with Crippen molar-refractivity contribution in [3.8, 4) is 0 Å². The molecule has 0 aromatic carbocycles. The van der Waals surface area contributed by atoms with E-state index >= 15 is 0 Å². The monoisotopic (exact) mass is 554 g/mol. The predicted octanol–water partition coefficient (Wildman–Crippen LogP) is 5.20. The smallest absolute Gasteiger partial charge is 0.306 e. The van der Waals surface area contributed by atoms with E-state index in [1.54, 1.807) is 12.2 Å². The molecule has 0 bridgehead atoms. The van der Waals surface area contributed by atoms with Gasteiger partial charge in [0.2, 0.25) is 0 Å². The molecular formula is C31H54O8. The second-order valence-electron chi connectivity index (χ2n) is 11.0. The van der Waals surface area contributed by atoms with Gasteiger partial charge in [-0.1, -0.05) is 90.2 Å². The summed E-state index contributed by atoms with van der Waals surface area (Å²) >= 11 is 0. The number of ether oxygens (including phenoxy) is 2. The fraction of sp³-hybridized carbons (Fsp3) is 0.839. The average Bonchev–Trinajstić information content (AvgIpc) is 3.18. The number of allylic oxidation sites excluding steroid dienone is 1. The Hall–Kier alpha value is -1.77. The Morgan fingerprint density at radius 2 is 1.54 bits per heavy atom. The maximum absolute atomic E-state index is 12.4. The maximum atomic E-state index is 12.4. The van der Waals surface area contributed by atoms with Crippen molar-refractivity contribution in [2.75, 3.05) is 13.2 Å². The first-order valence-corrected chi connectivity index (χ1v) is 15.3. The largest absolute Gasteiger partial charge is 0.462 e. The predicted molar refractivity (Wildman–Crippen MR) is 151 cm³/mol. The zero-order chi connectivity index (χ0) is 28.9. The van der Waals surface area contributed by atoms with Crippen LogP contribution in [0.1, 0.15) is 123 Å². The van der Waals surface area contributed by atoms with Crippen LogP contribution in [0.4, 0.5) is 0 Å². The summed E-state index contributed by atoms with van der Waals surface area (Å²) in [5.74, 6) is -1.20. The number of rotatable bonds is 23. The van der Waals surface area contributed by atoms with Crippen LogP contribution >= 0.6 is 0 Å². The summed E-state index contributed by atoms with van der Waals surface area (Å²) < 4.78 is 10.4. The lowest BCUT2D eigenvalue weighted by Gasteiger charge is -2.19. The summed E-state index contributed by atoms with van der Waals surface area (Å²) in [5.41, 5.74) is 0. The molecule has 8 nitrogen and oxygen atoms in total. The Morgan fingerprint density at radius 1 is 0.923 bits per heavy atom. The molecule has 0 aliphatic heterocycles. The Balaban J connectivity index is 2.22. The highest BCUT2D eigenvalue weighted by molar-refractivity contribution is 5.86. The molecule has 5 atom stereocenters. The van der Waals surface area contributed by atoms with E-state index in [9.17, 15) is 29.7 Å². The molecule has 1 rings (SSSR count). The molecule has 0 heterocycles. The van der Waals surface area contributed by atoms with Crippen LogP contribution in [0.3, 0.4) is 0 Å². The van der Waals surface area contributed by atoms with Crippen molar-refractivity contribution in [3.05, 3.63) is 12.2 Å². The van der Waals surface area contributed by atoms with Crippen molar-refractivity contribution in [3.63, 3.8) is 0 Å². The fourth-order valence-corrected chi connectivity index (χ4v) is 5.04. The number of hydrogen-bond donors (Lipinski definition) is 3. The van der Waals surface area contributed by atoms with Crippen molar-refractivity contribution in [2.45, 2.75) is 141 Å². The molecule has 0 aromatic heterocycles. The van der Waals surface area contributed by atoms with E-state index in [-0.39, 0.29) is 49.0 Å². The summed E-state index contributed by atoms with van der Waals surface area (Å²) in [7, 11) is 0. The van der Waals surface area contributed by atoms with Gasteiger partial charge in [-0.15, -0.1) is 0 Å². The molecular weight excluding hydrogens is 500 g/mol. The first kappa shape index (κ1) is 35.3. The fourth-order valence-electron chi connectivity index (χ4n) is 5.04. The molecule has 1 fully saturated rings. The summed E-state index contributed by atoms with van der Waals surface area (Å²) in [6, 6.07) is 0. The van der Waals surface area contributed by atoms with E-state index in [1.807, 2.05) is 0 Å². The second-order valence-corrected chi connectivity index (χ2v) is 11.0. The molecule has 3 N–H and O–H groups in total. The molecule has 1 aliphatic rings. The average molecular weight is 555 g/mol. The molecule has 226 valence electrons. The molecule has 39 heavy (non-hydrogen) atoms. The van der Waals surface area contributed by atoms with Gasteiger partial charge >= 0.3 is 11.9 Å². The zero-order valence-corrected chi connectivity index (χ0v) is 24.4. The van der Waals surface area contributed by atoms with Crippen molar-refractivity contribution in [2.24, 2.45) is 11.8 Å². The topological polar surface area (TPSA) is 130 Å². The normalized spacial score (nSPS) is 20.8. The van der Waals surface area contributed by atoms with Crippen LogP contribution in [0.15, 0.2) is 12.2 Å². The Kier molecular flexibility index (Phi) is 19.9. The maximum Gasteiger partial charge on any atom is 0.306 e. The third-order valence-corrected chi connectivity index (χ3v) is 7.47. The molecule has 0 saturated heterocycles. The van der Waals surface area contributed by atoms with Gasteiger partial charge in [0.25, 0.3) is 0 Å². The quantitative estimate of drug-likeness (QED) is 0.0893. The minimum atomic E-state index is -0.836. The Morgan fingerprint density at radius 3 is 2.21 bits per heavy atom. The Labute approximate surface area is 235 Å². The number of unbranched alkanes of at least 4 members (excludes halogenated alkanes) is 9. The van der Waals surface area contributed by atoms with Crippen LogP contribution in [0.5, 0.6) is 0 Å². The lowest BCUT2D eigenvalue weighted by molar-refractivity contribution is -0.161. The van der Waals surface area contributed by atoms with Crippen molar-refractivity contribution in [1.29, 1.82) is 0 Å². The zero-order valence-electron chi connectivity index (χ0n) is 24.4. The highest BCUT2D eigenvalue weighted by atomic mass is 16.6. The number of Topliss-reactive ketones (excluding diaryl/α,β-unsaturated/α-hetero) is 1. The van der Waals surface area contributed by atoms with E-state index in [0.29, 0.717) is 19.3 Å². The number of carbonyl (C=O) groups is 3. The number of aliphatic hydroxyl groups is 3. The molecule has 1 aliphatic carbocycles. The van der Waals surface area contributed by atoms with Gasteiger partial charge in [-0.3, -0.25) is 14.4 Å². The van der Waals surface area contributed by atoms with Crippen LogP contribution in [0, 0.1) is 11.8 Å². The van der Waals surface area contributed by atoms with Gasteiger partial charge in [0.15, 0.2) is 6.10 Å². The number of aliphatic hydroxyl groups excluding tert-OH is 3. The molecule has 0 unspecified atom stereocenters. The third-order valence-electron chi connectivity index (χ3n) is 7.47. The molecule has 0 spiro atoms. The van der Waals surface area contributed by atoms with E-state index in [0.717, 1.165) is 77.0 Å². The van der Waals surface area contributed by atoms with Gasteiger partial charge in [0.1, 0.15) is 12.4 Å². The van der Waals surface area contributed by atoms with Gasteiger partial charge in [-0.2, -0.15) is 0 Å². The summed E-state index contributed by atoms with van der Waals surface area (Å²) in [6.07, 6.45) is 15.0. The Bertz CT molecular complexity index is 707. The molecule has 0 aromatic rings. The van der Waals surface area contributed by atoms with E-state index in [1.165, 1.54) is 0 Å². The third kappa shape index (κ3) is 16.2. The highest BCUT2D eigenvalue weighted by Gasteiger charge is 2.39. The van der Waals surface area contributed by atoms with E-state index < -0.39 is 24.9 Å². The number of esters is 2. The first-order chi connectivity index (χ1) is 18.8. The molecule has 0 radical (unpaired) electrons. The highest BCUT2D eigenvalue weighted by Crippen LogP contribution is 2.34. The van der Waals surface area contributed by atoms with Crippen LogP contribution < -0.4 is 0 Å².